The van der Waals surface area contributed by atoms with E-state index in [9.17, 15) is 20.0 Å². The van der Waals surface area contributed by atoms with Gasteiger partial charge in [0.2, 0.25) is 0 Å². The van der Waals surface area contributed by atoms with E-state index in [1.807, 2.05) is 0 Å². The summed E-state index contributed by atoms with van der Waals surface area (Å²) in [6.07, 6.45) is 0.347. The van der Waals surface area contributed by atoms with Crippen molar-refractivity contribution in [3.05, 3.63) is 39.4 Å². The predicted octanol–water partition coefficient (Wildman–Crippen LogP) is 1.42. The van der Waals surface area contributed by atoms with Gasteiger partial charge in [-0.3, -0.25) is 14.9 Å². The van der Waals surface area contributed by atoms with Gasteiger partial charge in [0.05, 0.1) is 10.5 Å². The molecule has 1 aromatic carbocycles. The van der Waals surface area contributed by atoms with E-state index in [2.05, 4.69) is 5.32 Å². The number of para-hydroxylation sites is 1. The van der Waals surface area contributed by atoms with Crippen molar-refractivity contribution in [1.29, 1.82) is 0 Å². The van der Waals surface area contributed by atoms with Crippen LogP contribution in [0.1, 0.15) is 29.3 Å². The lowest BCUT2D eigenvalue weighted by Gasteiger charge is -2.23. The molecule has 0 heterocycles. The van der Waals surface area contributed by atoms with Gasteiger partial charge in [0.1, 0.15) is 5.56 Å². The second-order valence-corrected chi connectivity index (χ2v) is 5.15. The highest BCUT2D eigenvalue weighted by atomic mass is 16.6. The molecule has 2 N–H and O–H groups in total. The van der Waals surface area contributed by atoms with E-state index in [1.54, 1.807) is 26.0 Å². The Hall–Kier alpha value is -1.99. The molecule has 1 rings (SSSR count). The number of nitro benzene ring substituents is 1. The summed E-state index contributed by atoms with van der Waals surface area (Å²) in [6, 6.07) is 4.55. The van der Waals surface area contributed by atoms with E-state index in [0.717, 1.165) is 0 Å². The molecule has 0 radical (unpaired) electrons. The molecule has 7 nitrogen and oxygen atoms in total. The average Bonchev–Trinajstić information content (AvgIpc) is 2.42. The second kappa shape index (κ2) is 7.14. The van der Waals surface area contributed by atoms with Crippen LogP contribution in [-0.4, -0.2) is 41.8 Å². The van der Waals surface area contributed by atoms with Gasteiger partial charge < -0.3 is 15.2 Å². The zero-order chi connectivity index (χ0) is 16.0. The molecule has 1 atom stereocenters. The number of carbonyl (C=O) groups excluding carboxylic acids is 1. The Morgan fingerprint density at radius 1 is 1.52 bits per heavy atom. The van der Waals surface area contributed by atoms with Crippen molar-refractivity contribution in [3.63, 3.8) is 0 Å². The molecule has 1 unspecified atom stereocenters. The summed E-state index contributed by atoms with van der Waals surface area (Å²) >= 11 is 0. The van der Waals surface area contributed by atoms with Gasteiger partial charge in [0.15, 0.2) is 0 Å². The van der Waals surface area contributed by atoms with E-state index in [4.69, 9.17) is 4.74 Å². The fraction of sp³-hybridized carbons (Fsp3) is 0.500. The molecule has 7 heteroatoms. The maximum atomic E-state index is 12.1. The summed E-state index contributed by atoms with van der Waals surface area (Å²) in [4.78, 5) is 22.6. The van der Waals surface area contributed by atoms with E-state index >= 15 is 0 Å². The normalized spacial score (nSPS) is 13.5. The molecule has 0 saturated carbocycles. The second-order valence-electron chi connectivity index (χ2n) is 5.15. The predicted molar refractivity (Wildman–Crippen MR) is 77.3 cm³/mol. The lowest BCUT2D eigenvalue weighted by molar-refractivity contribution is -0.385. The van der Waals surface area contributed by atoms with Gasteiger partial charge in [-0.2, -0.15) is 0 Å². The van der Waals surface area contributed by atoms with Crippen LogP contribution in [0, 0.1) is 17.0 Å². The van der Waals surface area contributed by atoms with Gasteiger partial charge in [0, 0.05) is 32.2 Å². The van der Waals surface area contributed by atoms with Gasteiger partial charge in [-0.05, 0) is 19.9 Å². The molecule has 0 spiro atoms. The van der Waals surface area contributed by atoms with E-state index < -0.39 is 16.4 Å². The van der Waals surface area contributed by atoms with Gasteiger partial charge in [-0.25, -0.2) is 0 Å². The van der Waals surface area contributed by atoms with E-state index in [-0.39, 0.29) is 17.8 Å². The fourth-order valence-electron chi connectivity index (χ4n) is 1.86. The van der Waals surface area contributed by atoms with Crippen molar-refractivity contribution in [2.45, 2.75) is 25.9 Å². The van der Waals surface area contributed by atoms with E-state index in [1.165, 1.54) is 13.2 Å². The minimum absolute atomic E-state index is 0.0115. The van der Waals surface area contributed by atoms with Crippen LogP contribution in [-0.2, 0) is 4.74 Å². The van der Waals surface area contributed by atoms with Gasteiger partial charge in [-0.1, -0.05) is 12.1 Å². The first kappa shape index (κ1) is 17.1. The highest BCUT2D eigenvalue weighted by Crippen LogP contribution is 2.23. The van der Waals surface area contributed by atoms with Crippen LogP contribution in [0.4, 0.5) is 5.69 Å². The number of aliphatic hydroxyl groups is 1. The van der Waals surface area contributed by atoms with Crippen molar-refractivity contribution in [3.8, 4) is 0 Å². The van der Waals surface area contributed by atoms with Crippen molar-refractivity contribution in [2.24, 2.45) is 0 Å². The largest absolute Gasteiger partial charge is 0.388 e. The SMILES string of the molecule is COCCC(C)(O)CNC(=O)c1cccc(C)c1[N+](=O)[O-]. The van der Waals surface area contributed by atoms with Crippen LogP contribution in [0.3, 0.4) is 0 Å². The molecule has 0 fully saturated rings. The van der Waals surface area contributed by atoms with Crippen molar-refractivity contribution in [1.82, 2.24) is 5.32 Å². The number of hydrogen-bond acceptors (Lipinski definition) is 5. The minimum Gasteiger partial charge on any atom is -0.388 e. The Bertz CT molecular complexity index is 528. The monoisotopic (exact) mass is 296 g/mol. The average molecular weight is 296 g/mol. The molecule has 21 heavy (non-hydrogen) atoms. The van der Waals surface area contributed by atoms with Crippen molar-refractivity contribution in [2.75, 3.05) is 20.3 Å². The third-order valence-corrected chi connectivity index (χ3v) is 3.14. The molecule has 0 aliphatic rings. The summed E-state index contributed by atoms with van der Waals surface area (Å²) in [5, 5.41) is 23.6. The zero-order valence-electron chi connectivity index (χ0n) is 12.4. The number of nitrogens with zero attached hydrogens (tertiary/aromatic N) is 1. The number of hydrogen-bond donors (Lipinski definition) is 2. The Balaban J connectivity index is 2.82. The first-order valence-electron chi connectivity index (χ1n) is 6.52. The smallest absolute Gasteiger partial charge is 0.285 e. The number of aryl methyl sites for hydroxylation is 1. The Labute approximate surface area is 123 Å². The number of benzene rings is 1. The van der Waals surface area contributed by atoms with Crippen molar-refractivity contribution >= 4 is 11.6 Å². The number of nitrogens with one attached hydrogen (secondary N) is 1. The highest BCUT2D eigenvalue weighted by Gasteiger charge is 2.25. The lowest BCUT2D eigenvalue weighted by atomic mass is 10.0. The maximum absolute atomic E-state index is 12.1. The standard InChI is InChI=1S/C14H20N2O5/c1-10-5-4-6-11(12(10)16(19)20)13(17)15-9-14(2,18)7-8-21-3/h4-6,18H,7-9H2,1-3H3,(H,15,17). The number of amides is 1. The topological polar surface area (TPSA) is 102 Å². The van der Waals surface area contributed by atoms with Crippen LogP contribution >= 0.6 is 0 Å². The minimum atomic E-state index is -1.13. The Morgan fingerprint density at radius 3 is 2.76 bits per heavy atom. The summed E-state index contributed by atoms with van der Waals surface area (Å²) < 4.78 is 4.87. The third-order valence-electron chi connectivity index (χ3n) is 3.14. The van der Waals surface area contributed by atoms with Crippen LogP contribution in [0.25, 0.3) is 0 Å². The number of carbonyl (C=O) groups is 1. The summed E-state index contributed by atoms with van der Waals surface area (Å²) in [5.74, 6) is -0.580. The molecule has 0 aromatic heterocycles. The summed E-state index contributed by atoms with van der Waals surface area (Å²) in [7, 11) is 1.52. The van der Waals surface area contributed by atoms with Crippen LogP contribution in [0.15, 0.2) is 18.2 Å². The van der Waals surface area contributed by atoms with Crippen LogP contribution < -0.4 is 5.32 Å². The molecular formula is C14H20N2O5. The van der Waals surface area contributed by atoms with Crippen LogP contribution in [0.2, 0.25) is 0 Å². The molecular weight excluding hydrogens is 276 g/mol. The zero-order valence-corrected chi connectivity index (χ0v) is 12.4. The molecule has 0 bridgehead atoms. The molecule has 1 amide bonds. The third kappa shape index (κ3) is 4.80. The number of methoxy groups -OCH3 is 1. The molecule has 0 saturated heterocycles. The van der Waals surface area contributed by atoms with Gasteiger partial charge in [0.25, 0.3) is 11.6 Å². The number of rotatable bonds is 7. The molecule has 0 aliphatic carbocycles. The quantitative estimate of drug-likeness (QED) is 0.585. The Morgan fingerprint density at radius 2 is 2.19 bits per heavy atom. The first-order chi connectivity index (χ1) is 9.78. The lowest BCUT2D eigenvalue weighted by Crippen LogP contribution is -2.41. The van der Waals surface area contributed by atoms with Crippen molar-refractivity contribution < 1.29 is 19.6 Å². The van der Waals surface area contributed by atoms with Gasteiger partial charge in [-0.15, -0.1) is 0 Å². The first-order valence-corrected chi connectivity index (χ1v) is 6.52. The maximum Gasteiger partial charge on any atom is 0.285 e. The van der Waals surface area contributed by atoms with Gasteiger partial charge >= 0.3 is 0 Å². The number of ether oxygens (including phenoxy) is 1. The fourth-order valence-corrected chi connectivity index (χ4v) is 1.86. The summed E-state index contributed by atoms with van der Waals surface area (Å²) in [6.45, 7) is 3.48. The highest BCUT2D eigenvalue weighted by molar-refractivity contribution is 5.98. The van der Waals surface area contributed by atoms with E-state index in [0.29, 0.717) is 18.6 Å². The molecule has 0 aliphatic heterocycles. The molecule has 116 valence electrons. The summed E-state index contributed by atoms with van der Waals surface area (Å²) in [5.41, 5.74) is -0.947. The Kier molecular flexibility index (Phi) is 5.80. The number of nitro groups is 1. The molecule has 1 aromatic rings. The van der Waals surface area contributed by atoms with Crippen LogP contribution in [0.5, 0.6) is 0 Å².